The van der Waals surface area contributed by atoms with Gasteiger partial charge in [-0.05, 0) is 31.5 Å². The molecule has 6 heteroatoms. The van der Waals surface area contributed by atoms with Gasteiger partial charge < -0.3 is 5.32 Å². The van der Waals surface area contributed by atoms with Crippen molar-refractivity contribution in [1.82, 2.24) is 24.7 Å². The summed E-state index contributed by atoms with van der Waals surface area (Å²) in [4.78, 5) is 13.3. The Balaban J connectivity index is 1.91. The van der Waals surface area contributed by atoms with Crippen LogP contribution in [-0.4, -0.2) is 24.7 Å². The van der Waals surface area contributed by atoms with Crippen LogP contribution in [0.3, 0.4) is 0 Å². The maximum absolute atomic E-state index is 4.64. The van der Waals surface area contributed by atoms with Crippen molar-refractivity contribution >= 4 is 5.82 Å². The van der Waals surface area contributed by atoms with Crippen LogP contribution in [0.2, 0.25) is 0 Å². The summed E-state index contributed by atoms with van der Waals surface area (Å²) in [6, 6.07) is 7.98. The highest BCUT2D eigenvalue weighted by molar-refractivity contribution is 5.56. The molecule has 0 bridgehead atoms. The van der Waals surface area contributed by atoms with Gasteiger partial charge in [-0.3, -0.25) is 9.67 Å². The van der Waals surface area contributed by atoms with Crippen LogP contribution in [-0.2, 0) is 7.05 Å². The Hall–Kier alpha value is -2.76. The molecule has 118 valence electrons. The lowest BCUT2D eigenvalue weighted by molar-refractivity contribution is 0.632. The number of aromatic nitrogens is 5. The molecule has 3 heterocycles. The summed E-state index contributed by atoms with van der Waals surface area (Å²) in [5, 5.41) is 7.74. The largest absolute Gasteiger partial charge is 0.362 e. The minimum atomic E-state index is 0.151. The summed E-state index contributed by atoms with van der Waals surface area (Å²) in [5.74, 6) is 1.49. The van der Waals surface area contributed by atoms with E-state index in [1.807, 2.05) is 49.1 Å². The van der Waals surface area contributed by atoms with Crippen LogP contribution in [0.1, 0.15) is 30.8 Å². The molecule has 3 aromatic rings. The Labute approximate surface area is 135 Å². The third-order valence-electron chi connectivity index (χ3n) is 3.72. The molecule has 3 aromatic heterocycles. The van der Waals surface area contributed by atoms with E-state index >= 15 is 0 Å². The van der Waals surface area contributed by atoms with Gasteiger partial charge in [-0.2, -0.15) is 5.10 Å². The fourth-order valence-corrected chi connectivity index (χ4v) is 2.56. The molecular weight excluding hydrogens is 288 g/mol. The van der Waals surface area contributed by atoms with Gasteiger partial charge in [-0.15, -0.1) is 0 Å². The molecule has 0 aliphatic carbocycles. The van der Waals surface area contributed by atoms with E-state index in [0.717, 1.165) is 29.2 Å². The quantitative estimate of drug-likeness (QED) is 0.784. The fraction of sp³-hybridized carbons (Fsp3) is 0.294. The molecule has 0 aliphatic rings. The first-order chi connectivity index (χ1) is 11.2. The summed E-state index contributed by atoms with van der Waals surface area (Å²) in [5.41, 5.74) is 2.96. The molecule has 0 amide bonds. The lowest BCUT2D eigenvalue weighted by Crippen LogP contribution is -2.15. The SMILES string of the molecule is CC[C@@H](Nc1cc(C)nc(-c2cccnc2)n1)c1ccnn1C. The van der Waals surface area contributed by atoms with Gasteiger partial charge in [-0.25, -0.2) is 9.97 Å². The molecule has 0 fully saturated rings. The lowest BCUT2D eigenvalue weighted by Gasteiger charge is -2.18. The van der Waals surface area contributed by atoms with Crippen LogP contribution in [0.5, 0.6) is 0 Å². The Morgan fingerprint density at radius 1 is 1.22 bits per heavy atom. The molecule has 0 radical (unpaired) electrons. The van der Waals surface area contributed by atoms with Gasteiger partial charge in [0.1, 0.15) is 5.82 Å². The van der Waals surface area contributed by atoms with Crippen molar-refractivity contribution in [3.05, 3.63) is 54.2 Å². The van der Waals surface area contributed by atoms with Crippen LogP contribution in [0.25, 0.3) is 11.4 Å². The molecule has 1 atom stereocenters. The Morgan fingerprint density at radius 2 is 2.09 bits per heavy atom. The summed E-state index contributed by atoms with van der Waals surface area (Å²) in [6.07, 6.45) is 6.27. The molecule has 0 unspecified atom stereocenters. The van der Waals surface area contributed by atoms with Crippen molar-refractivity contribution in [3.8, 4) is 11.4 Å². The van der Waals surface area contributed by atoms with Gasteiger partial charge in [0.2, 0.25) is 0 Å². The third-order valence-corrected chi connectivity index (χ3v) is 3.72. The van der Waals surface area contributed by atoms with E-state index < -0.39 is 0 Å². The molecule has 0 saturated heterocycles. The molecule has 23 heavy (non-hydrogen) atoms. The van der Waals surface area contributed by atoms with E-state index in [2.05, 4.69) is 32.3 Å². The summed E-state index contributed by atoms with van der Waals surface area (Å²) in [7, 11) is 1.95. The van der Waals surface area contributed by atoms with Crippen molar-refractivity contribution < 1.29 is 0 Å². The van der Waals surface area contributed by atoms with Crippen LogP contribution < -0.4 is 5.32 Å². The number of anilines is 1. The predicted molar refractivity (Wildman–Crippen MR) is 89.9 cm³/mol. The van der Waals surface area contributed by atoms with Crippen LogP contribution in [0.15, 0.2) is 42.9 Å². The smallest absolute Gasteiger partial charge is 0.163 e. The van der Waals surface area contributed by atoms with E-state index in [0.29, 0.717) is 5.82 Å². The molecule has 0 aromatic carbocycles. The second-order valence-corrected chi connectivity index (χ2v) is 5.44. The molecule has 0 saturated carbocycles. The number of hydrogen-bond acceptors (Lipinski definition) is 5. The Bertz CT molecular complexity index is 781. The van der Waals surface area contributed by atoms with Crippen molar-refractivity contribution in [2.24, 2.45) is 7.05 Å². The normalized spacial score (nSPS) is 12.1. The first-order valence-corrected chi connectivity index (χ1v) is 7.68. The van der Waals surface area contributed by atoms with Crippen molar-refractivity contribution in [2.45, 2.75) is 26.3 Å². The van der Waals surface area contributed by atoms with Crippen molar-refractivity contribution in [3.63, 3.8) is 0 Å². The zero-order valence-electron chi connectivity index (χ0n) is 13.6. The standard InChI is InChI=1S/C17H20N6/c1-4-14(15-7-9-19-23(15)3)21-16-10-12(2)20-17(22-16)13-6-5-8-18-11-13/h5-11,14H,4H2,1-3H3,(H,20,21,22)/t14-/m1/s1. The summed E-state index contributed by atoms with van der Waals surface area (Å²) >= 11 is 0. The van der Waals surface area contributed by atoms with Gasteiger partial charge in [0, 0.05) is 43.0 Å². The van der Waals surface area contributed by atoms with Crippen molar-refractivity contribution in [1.29, 1.82) is 0 Å². The van der Waals surface area contributed by atoms with E-state index in [-0.39, 0.29) is 6.04 Å². The van der Waals surface area contributed by atoms with Crippen LogP contribution in [0.4, 0.5) is 5.82 Å². The van der Waals surface area contributed by atoms with Gasteiger partial charge in [0.25, 0.3) is 0 Å². The van der Waals surface area contributed by atoms with E-state index in [1.165, 1.54) is 0 Å². The zero-order valence-corrected chi connectivity index (χ0v) is 13.6. The highest BCUT2D eigenvalue weighted by atomic mass is 15.3. The van der Waals surface area contributed by atoms with Crippen molar-refractivity contribution in [2.75, 3.05) is 5.32 Å². The maximum Gasteiger partial charge on any atom is 0.163 e. The van der Waals surface area contributed by atoms with Gasteiger partial charge in [0.15, 0.2) is 5.82 Å². The van der Waals surface area contributed by atoms with Crippen LogP contribution in [0, 0.1) is 6.92 Å². The average molecular weight is 308 g/mol. The number of pyridine rings is 1. The first kappa shape index (κ1) is 15.1. The molecular formula is C17H20N6. The van der Waals surface area contributed by atoms with Gasteiger partial charge in [0.05, 0.1) is 11.7 Å². The molecule has 1 N–H and O–H groups in total. The topological polar surface area (TPSA) is 68.5 Å². The Morgan fingerprint density at radius 3 is 2.74 bits per heavy atom. The number of hydrogen-bond donors (Lipinski definition) is 1. The third kappa shape index (κ3) is 3.36. The van der Waals surface area contributed by atoms with Gasteiger partial charge in [-0.1, -0.05) is 6.92 Å². The number of nitrogens with zero attached hydrogens (tertiary/aromatic N) is 5. The average Bonchev–Trinajstić information content (AvgIpc) is 2.99. The van der Waals surface area contributed by atoms with E-state index in [9.17, 15) is 0 Å². The molecule has 0 spiro atoms. The molecule has 0 aliphatic heterocycles. The summed E-state index contributed by atoms with van der Waals surface area (Å²) < 4.78 is 1.89. The van der Waals surface area contributed by atoms with Gasteiger partial charge >= 0.3 is 0 Å². The first-order valence-electron chi connectivity index (χ1n) is 7.68. The lowest BCUT2D eigenvalue weighted by atomic mass is 10.1. The number of rotatable bonds is 5. The number of nitrogens with one attached hydrogen (secondary N) is 1. The Kier molecular flexibility index (Phi) is 4.32. The van der Waals surface area contributed by atoms with E-state index in [4.69, 9.17) is 0 Å². The minimum absolute atomic E-state index is 0.151. The monoisotopic (exact) mass is 308 g/mol. The highest BCUT2D eigenvalue weighted by Gasteiger charge is 2.14. The molecule has 6 nitrogen and oxygen atoms in total. The molecule has 3 rings (SSSR count). The fourth-order valence-electron chi connectivity index (χ4n) is 2.56. The summed E-state index contributed by atoms with van der Waals surface area (Å²) in [6.45, 7) is 4.11. The minimum Gasteiger partial charge on any atom is -0.362 e. The van der Waals surface area contributed by atoms with Crippen LogP contribution >= 0.6 is 0 Å². The van der Waals surface area contributed by atoms with E-state index in [1.54, 1.807) is 12.4 Å². The second kappa shape index (κ2) is 6.56. The second-order valence-electron chi connectivity index (χ2n) is 5.44. The highest BCUT2D eigenvalue weighted by Crippen LogP contribution is 2.23. The maximum atomic E-state index is 4.64. The zero-order chi connectivity index (χ0) is 16.2. The predicted octanol–water partition coefficient (Wildman–Crippen LogP) is 3.14. The number of aryl methyl sites for hydroxylation is 2.